The zero-order valence-electron chi connectivity index (χ0n) is 9.46. The van der Waals surface area contributed by atoms with Gasteiger partial charge in [-0.2, -0.15) is 0 Å². The average Bonchev–Trinajstić information content (AvgIpc) is 2.26. The number of aromatic nitrogens is 1. The van der Waals surface area contributed by atoms with Gasteiger partial charge in [0.1, 0.15) is 0 Å². The van der Waals surface area contributed by atoms with Crippen LogP contribution >= 0.6 is 0 Å². The zero-order valence-corrected chi connectivity index (χ0v) is 9.46. The fourth-order valence-corrected chi connectivity index (χ4v) is 1.81. The van der Waals surface area contributed by atoms with Gasteiger partial charge in [-0.05, 0) is 43.5 Å². The molecule has 0 unspecified atom stereocenters. The number of hydrogen-bond donors (Lipinski definition) is 0. The van der Waals surface area contributed by atoms with E-state index in [1.54, 1.807) is 0 Å². The molecule has 0 amide bonds. The molecule has 1 aromatic carbocycles. The van der Waals surface area contributed by atoms with E-state index < -0.39 is 0 Å². The third-order valence-corrected chi connectivity index (χ3v) is 2.71. The summed E-state index contributed by atoms with van der Waals surface area (Å²) in [6, 6.07) is 10.8. The molecule has 0 saturated carbocycles. The van der Waals surface area contributed by atoms with Gasteiger partial charge in [0.05, 0.1) is 5.52 Å². The van der Waals surface area contributed by atoms with Crippen molar-refractivity contribution in [2.75, 3.05) is 0 Å². The first kappa shape index (κ1) is 10.2. The first-order valence-electron chi connectivity index (χ1n) is 5.66. The number of pyridine rings is 1. The number of hydrogen-bond acceptors (Lipinski definition) is 1. The Balaban J connectivity index is 2.34. The monoisotopic (exact) mass is 199 g/mol. The number of fused-ring (bicyclic) bond motifs is 1. The molecule has 2 rings (SSSR count). The van der Waals surface area contributed by atoms with Crippen molar-refractivity contribution < 1.29 is 0 Å². The van der Waals surface area contributed by atoms with Crippen LogP contribution in [-0.2, 0) is 6.42 Å². The Bertz CT molecular complexity index is 460. The average molecular weight is 199 g/mol. The molecule has 0 aliphatic rings. The lowest BCUT2D eigenvalue weighted by atomic mass is 10.1. The fraction of sp³-hybridized carbons (Fsp3) is 0.357. The van der Waals surface area contributed by atoms with Gasteiger partial charge >= 0.3 is 0 Å². The molecule has 0 aliphatic carbocycles. The van der Waals surface area contributed by atoms with Crippen molar-refractivity contribution in [3.63, 3.8) is 0 Å². The molecule has 0 radical (unpaired) electrons. The molecule has 0 fully saturated rings. The second-order valence-electron chi connectivity index (χ2n) is 4.08. The van der Waals surface area contributed by atoms with E-state index in [1.165, 1.54) is 30.2 Å². The van der Waals surface area contributed by atoms with Gasteiger partial charge in [0, 0.05) is 11.1 Å². The van der Waals surface area contributed by atoms with Gasteiger partial charge in [-0.25, -0.2) is 0 Å². The van der Waals surface area contributed by atoms with E-state index in [-0.39, 0.29) is 0 Å². The SMILES string of the molecule is CCCCc1ccc2nc(C)ccc2c1. The van der Waals surface area contributed by atoms with Crippen LogP contribution in [0.25, 0.3) is 10.9 Å². The van der Waals surface area contributed by atoms with Crippen LogP contribution in [0, 0.1) is 6.92 Å². The third kappa shape index (κ3) is 2.35. The predicted octanol–water partition coefficient (Wildman–Crippen LogP) is 3.89. The number of rotatable bonds is 3. The molecule has 0 bridgehead atoms. The standard InChI is InChI=1S/C14H17N/c1-3-4-5-12-7-9-14-13(10-12)8-6-11(2)15-14/h6-10H,3-5H2,1-2H3. The quantitative estimate of drug-likeness (QED) is 0.731. The molecule has 2 aromatic rings. The van der Waals surface area contributed by atoms with Gasteiger partial charge in [0.15, 0.2) is 0 Å². The first-order chi connectivity index (χ1) is 7.29. The lowest BCUT2D eigenvalue weighted by Gasteiger charge is -2.03. The maximum atomic E-state index is 4.50. The Morgan fingerprint density at radius 1 is 1.13 bits per heavy atom. The third-order valence-electron chi connectivity index (χ3n) is 2.71. The summed E-state index contributed by atoms with van der Waals surface area (Å²) in [5.41, 5.74) is 3.62. The highest BCUT2D eigenvalue weighted by molar-refractivity contribution is 5.79. The minimum absolute atomic E-state index is 1.09. The molecular weight excluding hydrogens is 182 g/mol. The second-order valence-corrected chi connectivity index (χ2v) is 4.08. The Hall–Kier alpha value is -1.37. The summed E-state index contributed by atoms with van der Waals surface area (Å²) >= 11 is 0. The largest absolute Gasteiger partial charge is 0.253 e. The maximum absolute atomic E-state index is 4.50. The minimum Gasteiger partial charge on any atom is -0.253 e. The smallest absolute Gasteiger partial charge is 0.0705 e. The van der Waals surface area contributed by atoms with Crippen LogP contribution in [0.1, 0.15) is 31.0 Å². The molecule has 0 N–H and O–H groups in total. The Labute approximate surface area is 91.2 Å². The van der Waals surface area contributed by atoms with E-state index in [0.29, 0.717) is 0 Å². The van der Waals surface area contributed by atoms with Crippen LogP contribution < -0.4 is 0 Å². The van der Waals surface area contributed by atoms with E-state index in [1.807, 2.05) is 6.92 Å². The molecule has 1 nitrogen and oxygen atoms in total. The van der Waals surface area contributed by atoms with Crippen LogP contribution in [0.5, 0.6) is 0 Å². The summed E-state index contributed by atoms with van der Waals surface area (Å²) in [5.74, 6) is 0. The number of nitrogens with zero attached hydrogens (tertiary/aromatic N) is 1. The minimum atomic E-state index is 1.09. The molecule has 0 saturated heterocycles. The maximum Gasteiger partial charge on any atom is 0.0705 e. The summed E-state index contributed by atoms with van der Waals surface area (Å²) in [6.45, 7) is 4.26. The molecule has 78 valence electrons. The molecule has 1 heterocycles. The highest BCUT2D eigenvalue weighted by atomic mass is 14.7. The van der Waals surface area contributed by atoms with Gasteiger partial charge in [-0.15, -0.1) is 0 Å². The number of aryl methyl sites for hydroxylation is 2. The van der Waals surface area contributed by atoms with Crippen LogP contribution in [-0.4, -0.2) is 4.98 Å². The van der Waals surface area contributed by atoms with Crippen molar-refractivity contribution in [2.24, 2.45) is 0 Å². The van der Waals surface area contributed by atoms with E-state index in [0.717, 1.165) is 11.2 Å². The van der Waals surface area contributed by atoms with E-state index in [4.69, 9.17) is 0 Å². The van der Waals surface area contributed by atoms with Crippen LogP contribution in [0.2, 0.25) is 0 Å². The fourth-order valence-electron chi connectivity index (χ4n) is 1.81. The highest BCUT2D eigenvalue weighted by Crippen LogP contribution is 2.16. The zero-order chi connectivity index (χ0) is 10.7. The summed E-state index contributed by atoms with van der Waals surface area (Å²) in [6.07, 6.45) is 3.70. The summed E-state index contributed by atoms with van der Waals surface area (Å²) < 4.78 is 0. The van der Waals surface area contributed by atoms with Gasteiger partial charge in [0.25, 0.3) is 0 Å². The molecule has 0 spiro atoms. The van der Waals surface area contributed by atoms with E-state index in [2.05, 4.69) is 42.2 Å². The summed E-state index contributed by atoms with van der Waals surface area (Å²) in [4.78, 5) is 4.50. The van der Waals surface area contributed by atoms with Crippen molar-refractivity contribution in [1.82, 2.24) is 4.98 Å². The van der Waals surface area contributed by atoms with Crippen LogP contribution in [0.3, 0.4) is 0 Å². The Kier molecular flexibility index (Phi) is 3.00. The summed E-state index contributed by atoms with van der Waals surface area (Å²) in [5, 5.41) is 1.26. The van der Waals surface area contributed by atoms with Gasteiger partial charge in [-0.1, -0.05) is 25.5 Å². The molecule has 15 heavy (non-hydrogen) atoms. The molecular formula is C14H17N. The van der Waals surface area contributed by atoms with E-state index >= 15 is 0 Å². The Morgan fingerprint density at radius 3 is 2.80 bits per heavy atom. The predicted molar refractivity (Wildman–Crippen MR) is 65.1 cm³/mol. The van der Waals surface area contributed by atoms with Crippen molar-refractivity contribution in [3.05, 3.63) is 41.6 Å². The first-order valence-corrected chi connectivity index (χ1v) is 5.66. The normalized spacial score (nSPS) is 10.8. The molecule has 1 aromatic heterocycles. The van der Waals surface area contributed by atoms with Gasteiger partial charge < -0.3 is 0 Å². The van der Waals surface area contributed by atoms with Crippen LogP contribution in [0.4, 0.5) is 0 Å². The Morgan fingerprint density at radius 2 is 2.00 bits per heavy atom. The summed E-state index contributed by atoms with van der Waals surface area (Å²) in [7, 11) is 0. The lowest BCUT2D eigenvalue weighted by Crippen LogP contribution is -1.87. The highest BCUT2D eigenvalue weighted by Gasteiger charge is 1.97. The molecule has 0 aliphatic heterocycles. The van der Waals surface area contributed by atoms with Crippen LogP contribution in [0.15, 0.2) is 30.3 Å². The van der Waals surface area contributed by atoms with E-state index in [9.17, 15) is 0 Å². The lowest BCUT2D eigenvalue weighted by molar-refractivity contribution is 0.796. The van der Waals surface area contributed by atoms with Gasteiger partial charge in [-0.3, -0.25) is 4.98 Å². The van der Waals surface area contributed by atoms with Gasteiger partial charge in [0.2, 0.25) is 0 Å². The second kappa shape index (κ2) is 4.43. The van der Waals surface area contributed by atoms with Crippen molar-refractivity contribution in [2.45, 2.75) is 33.1 Å². The molecule has 0 atom stereocenters. The van der Waals surface area contributed by atoms with Crippen molar-refractivity contribution in [1.29, 1.82) is 0 Å². The van der Waals surface area contributed by atoms with Crippen molar-refractivity contribution in [3.8, 4) is 0 Å². The van der Waals surface area contributed by atoms with Crippen molar-refractivity contribution >= 4 is 10.9 Å². The topological polar surface area (TPSA) is 12.9 Å². The number of unbranched alkanes of at least 4 members (excludes halogenated alkanes) is 1. The molecule has 1 heteroatoms. The number of benzene rings is 1.